The highest BCUT2D eigenvalue weighted by Gasteiger charge is 2.16. The second-order valence-corrected chi connectivity index (χ2v) is 6.10. The maximum atomic E-state index is 12.3. The number of rotatable bonds is 5. The van der Waals surface area contributed by atoms with Crippen molar-refractivity contribution in [2.24, 2.45) is 0 Å². The van der Waals surface area contributed by atoms with Crippen LogP contribution in [0.25, 0.3) is 10.9 Å². The van der Waals surface area contributed by atoms with Crippen LogP contribution in [-0.2, 0) is 6.61 Å². The Morgan fingerprint density at radius 1 is 1.04 bits per heavy atom. The highest BCUT2D eigenvalue weighted by atomic mass is 16.5. The van der Waals surface area contributed by atoms with Crippen LogP contribution >= 0.6 is 0 Å². The van der Waals surface area contributed by atoms with Crippen LogP contribution in [0.3, 0.4) is 0 Å². The maximum Gasteiger partial charge on any atom is 0.258 e. The molecule has 0 amide bonds. The van der Waals surface area contributed by atoms with E-state index in [1.807, 2.05) is 30.3 Å². The lowest BCUT2D eigenvalue weighted by atomic mass is 10.0. The minimum atomic E-state index is -0.906. The number of benzene rings is 2. The average molecular weight is 359 g/mol. The maximum absolute atomic E-state index is 12.3. The quantitative estimate of drug-likeness (QED) is 0.572. The van der Waals surface area contributed by atoms with Crippen molar-refractivity contribution in [3.05, 3.63) is 100 Å². The van der Waals surface area contributed by atoms with Gasteiger partial charge in [-0.3, -0.25) is 9.78 Å². The zero-order valence-corrected chi connectivity index (χ0v) is 14.4. The van der Waals surface area contributed by atoms with Crippen molar-refractivity contribution in [2.75, 3.05) is 0 Å². The van der Waals surface area contributed by atoms with Crippen LogP contribution in [0.2, 0.25) is 0 Å². The highest BCUT2D eigenvalue weighted by molar-refractivity contribution is 5.84. The number of hydrogen-bond donors (Lipinski definition) is 2. The zero-order chi connectivity index (χ0) is 18.6. The van der Waals surface area contributed by atoms with Crippen molar-refractivity contribution in [3.63, 3.8) is 0 Å². The molecule has 4 rings (SSSR count). The van der Waals surface area contributed by atoms with E-state index in [9.17, 15) is 9.90 Å². The van der Waals surface area contributed by atoms with Crippen molar-refractivity contribution in [1.82, 2.24) is 15.0 Å². The molecule has 0 saturated carbocycles. The molecule has 0 radical (unpaired) electrons. The SMILES string of the molecule is O=c1[nH]cnc2c(OCc3ccccc3)cc(C(O)c3ccncc3)cc12. The molecule has 0 bridgehead atoms. The molecule has 2 aromatic carbocycles. The number of fused-ring (bicyclic) bond motifs is 1. The van der Waals surface area contributed by atoms with E-state index in [2.05, 4.69) is 15.0 Å². The van der Waals surface area contributed by atoms with Gasteiger partial charge in [0, 0.05) is 12.4 Å². The fourth-order valence-electron chi connectivity index (χ4n) is 2.91. The summed E-state index contributed by atoms with van der Waals surface area (Å²) in [5.74, 6) is 0.450. The molecule has 2 N–H and O–H groups in total. The standard InChI is InChI=1S/C21H17N3O3/c25-20(15-6-8-22-9-7-15)16-10-17-19(23-13-24-21(17)26)18(11-16)27-12-14-4-2-1-3-5-14/h1-11,13,20,25H,12H2,(H,23,24,26). The van der Waals surface area contributed by atoms with Gasteiger partial charge in [-0.25, -0.2) is 4.98 Å². The minimum Gasteiger partial charge on any atom is -0.487 e. The second kappa shape index (κ2) is 7.39. The van der Waals surface area contributed by atoms with Crippen molar-refractivity contribution in [2.45, 2.75) is 12.7 Å². The van der Waals surface area contributed by atoms with Crippen molar-refractivity contribution >= 4 is 10.9 Å². The monoisotopic (exact) mass is 359 g/mol. The van der Waals surface area contributed by atoms with Gasteiger partial charge in [0.2, 0.25) is 0 Å². The number of H-pyrrole nitrogens is 1. The molecular formula is C21H17N3O3. The summed E-state index contributed by atoms with van der Waals surface area (Å²) in [5, 5.41) is 11.1. The first-order valence-electron chi connectivity index (χ1n) is 8.48. The predicted molar refractivity (Wildman–Crippen MR) is 101 cm³/mol. The smallest absolute Gasteiger partial charge is 0.258 e. The molecule has 0 spiro atoms. The molecule has 2 aromatic heterocycles. The van der Waals surface area contributed by atoms with Gasteiger partial charge >= 0.3 is 0 Å². The lowest BCUT2D eigenvalue weighted by molar-refractivity contribution is 0.219. The molecule has 0 fully saturated rings. The molecule has 134 valence electrons. The van der Waals surface area contributed by atoms with Gasteiger partial charge in [0.25, 0.3) is 5.56 Å². The largest absolute Gasteiger partial charge is 0.487 e. The summed E-state index contributed by atoms with van der Waals surface area (Å²) < 4.78 is 5.95. The van der Waals surface area contributed by atoms with Crippen molar-refractivity contribution in [3.8, 4) is 5.75 Å². The van der Waals surface area contributed by atoms with Gasteiger partial charge in [0.1, 0.15) is 24.0 Å². The number of pyridine rings is 1. The molecule has 0 aliphatic rings. The zero-order valence-electron chi connectivity index (χ0n) is 14.4. The Labute approximate surface area is 155 Å². The van der Waals surface area contributed by atoms with Crippen LogP contribution in [0, 0.1) is 0 Å². The summed E-state index contributed by atoms with van der Waals surface area (Å²) in [5.41, 5.74) is 2.40. The third-order valence-electron chi connectivity index (χ3n) is 4.31. The van der Waals surface area contributed by atoms with Crippen molar-refractivity contribution < 1.29 is 9.84 Å². The van der Waals surface area contributed by atoms with E-state index in [-0.39, 0.29) is 5.56 Å². The summed E-state index contributed by atoms with van der Waals surface area (Å²) in [7, 11) is 0. The van der Waals surface area contributed by atoms with Crippen LogP contribution in [0.4, 0.5) is 0 Å². The van der Waals surface area contributed by atoms with Gasteiger partial charge in [0.05, 0.1) is 11.7 Å². The van der Waals surface area contributed by atoms with Crippen LogP contribution in [0.15, 0.2) is 78.1 Å². The predicted octanol–water partition coefficient (Wildman–Crippen LogP) is 2.98. The molecule has 6 nitrogen and oxygen atoms in total. The molecule has 0 saturated heterocycles. The van der Waals surface area contributed by atoms with E-state index in [4.69, 9.17) is 4.74 Å². The molecule has 1 atom stereocenters. The van der Waals surface area contributed by atoms with Gasteiger partial charge in [-0.2, -0.15) is 0 Å². The number of aliphatic hydroxyl groups excluding tert-OH is 1. The number of nitrogens with one attached hydrogen (secondary N) is 1. The van der Waals surface area contributed by atoms with Crippen LogP contribution in [-0.4, -0.2) is 20.1 Å². The summed E-state index contributed by atoms with van der Waals surface area (Å²) in [6.07, 6.45) is 3.66. The first kappa shape index (κ1) is 16.9. The topological polar surface area (TPSA) is 88.1 Å². The molecular weight excluding hydrogens is 342 g/mol. The lowest BCUT2D eigenvalue weighted by Crippen LogP contribution is -2.10. The molecule has 27 heavy (non-hydrogen) atoms. The number of ether oxygens (including phenoxy) is 1. The Kier molecular flexibility index (Phi) is 4.63. The van der Waals surface area contributed by atoms with E-state index in [1.165, 1.54) is 6.33 Å². The summed E-state index contributed by atoms with van der Waals surface area (Å²) >= 11 is 0. The van der Waals surface area contributed by atoms with Crippen LogP contribution in [0.1, 0.15) is 22.8 Å². The Balaban J connectivity index is 1.77. The number of aromatic nitrogens is 3. The molecule has 2 heterocycles. The van der Waals surface area contributed by atoms with Gasteiger partial charge < -0.3 is 14.8 Å². The number of aromatic amines is 1. The Morgan fingerprint density at radius 3 is 2.59 bits per heavy atom. The number of nitrogens with zero attached hydrogens (tertiary/aromatic N) is 2. The molecule has 6 heteroatoms. The molecule has 1 unspecified atom stereocenters. The first-order chi connectivity index (χ1) is 13.2. The van der Waals surface area contributed by atoms with Gasteiger partial charge in [-0.05, 0) is 41.0 Å². The first-order valence-corrected chi connectivity index (χ1v) is 8.48. The summed E-state index contributed by atoms with van der Waals surface area (Å²) in [4.78, 5) is 23.1. The van der Waals surface area contributed by atoms with E-state index >= 15 is 0 Å². The average Bonchev–Trinajstić information content (AvgIpc) is 2.73. The Bertz CT molecular complexity index is 1110. The normalized spacial score (nSPS) is 12.0. The van der Waals surface area contributed by atoms with E-state index in [0.29, 0.717) is 34.4 Å². The van der Waals surface area contributed by atoms with E-state index < -0.39 is 6.10 Å². The Morgan fingerprint density at radius 2 is 1.81 bits per heavy atom. The number of hydrogen-bond acceptors (Lipinski definition) is 5. The fourth-order valence-corrected chi connectivity index (χ4v) is 2.91. The molecule has 0 aliphatic carbocycles. The highest BCUT2D eigenvalue weighted by Crippen LogP contribution is 2.30. The molecule has 0 aliphatic heterocycles. The van der Waals surface area contributed by atoms with Gasteiger partial charge in [0.15, 0.2) is 0 Å². The fraction of sp³-hybridized carbons (Fsp3) is 0.0952. The van der Waals surface area contributed by atoms with Crippen molar-refractivity contribution in [1.29, 1.82) is 0 Å². The van der Waals surface area contributed by atoms with Gasteiger partial charge in [-0.15, -0.1) is 0 Å². The lowest BCUT2D eigenvalue weighted by Gasteiger charge is -2.15. The Hall–Kier alpha value is -3.51. The third-order valence-corrected chi connectivity index (χ3v) is 4.31. The number of aliphatic hydroxyl groups is 1. The second-order valence-electron chi connectivity index (χ2n) is 6.10. The summed E-state index contributed by atoms with van der Waals surface area (Å²) in [6.45, 7) is 0.333. The third kappa shape index (κ3) is 3.56. The van der Waals surface area contributed by atoms with E-state index in [0.717, 1.165) is 5.56 Å². The minimum absolute atomic E-state index is 0.284. The van der Waals surface area contributed by atoms with E-state index in [1.54, 1.807) is 36.7 Å². The van der Waals surface area contributed by atoms with Gasteiger partial charge in [-0.1, -0.05) is 30.3 Å². The van der Waals surface area contributed by atoms with Crippen LogP contribution < -0.4 is 10.3 Å². The van der Waals surface area contributed by atoms with Crippen LogP contribution in [0.5, 0.6) is 5.75 Å². The molecule has 4 aromatic rings. The summed E-state index contributed by atoms with van der Waals surface area (Å²) in [6, 6.07) is 16.5.